The first-order valence-corrected chi connectivity index (χ1v) is 10.1. The fourth-order valence-electron chi connectivity index (χ4n) is 3.89. The molecular weight excluding hydrogens is 382 g/mol. The van der Waals surface area contributed by atoms with Crippen molar-refractivity contribution in [1.82, 2.24) is 5.32 Å². The first-order valence-electron chi connectivity index (χ1n) is 9.74. The second-order valence-electron chi connectivity index (χ2n) is 8.25. The quantitative estimate of drug-likeness (QED) is 0.553. The lowest BCUT2D eigenvalue weighted by molar-refractivity contribution is -0.117. The van der Waals surface area contributed by atoms with E-state index in [-0.39, 0.29) is 11.1 Å². The molecule has 2 aromatic rings. The highest BCUT2D eigenvalue weighted by Crippen LogP contribution is 2.44. The van der Waals surface area contributed by atoms with Crippen molar-refractivity contribution < 1.29 is 4.79 Å². The van der Waals surface area contributed by atoms with Gasteiger partial charge in [-0.25, -0.2) is 0 Å². The molecule has 0 saturated heterocycles. The SMILES string of the molecule is C[C@@H]1CC(C)(C)N(C)c2cc(Cl)c(/C=C(/C#N)C(=O)NCc3ccccc3)cc21. The third kappa shape index (κ3) is 4.46. The van der Waals surface area contributed by atoms with Crippen LogP contribution in [0.2, 0.25) is 5.02 Å². The number of halogens is 1. The van der Waals surface area contributed by atoms with Crippen molar-refractivity contribution in [3.63, 3.8) is 0 Å². The van der Waals surface area contributed by atoms with E-state index in [1.165, 1.54) is 5.56 Å². The number of benzene rings is 2. The Labute approximate surface area is 177 Å². The Morgan fingerprint density at radius 1 is 1.34 bits per heavy atom. The molecule has 0 unspecified atom stereocenters. The molecule has 0 spiro atoms. The van der Waals surface area contributed by atoms with Crippen molar-refractivity contribution in [2.24, 2.45) is 0 Å². The fourth-order valence-corrected chi connectivity index (χ4v) is 4.11. The molecule has 150 valence electrons. The standard InChI is InChI=1S/C24H26ClN3O/c1-16-13-24(2,3)28(4)22-12-21(25)18(11-20(16)22)10-19(14-26)23(29)27-15-17-8-6-5-7-9-17/h5-12,16H,13,15H2,1-4H3,(H,27,29)/b19-10-/t16-/m1/s1. The number of nitriles is 1. The topological polar surface area (TPSA) is 56.1 Å². The van der Waals surface area contributed by atoms with Crippen LogP contribution in [0.15, 0.2) is 48.0 Å². The van der Waals surface area contributed by atoms with E-state index >= 15 is 0 Å². The molecule has 0 radical (unpaired) electrons. The third-order valence-electron chi connectivity index (χ3n) is 5.71. The highest BCUT2D eigenvalue weighted by molar-refractivity contribution is 6.32. The van der Waals surface area contributed by atoms with Crippen LogP contribution in [0.5, 0.6) is 0 Å². The minimum Gasteiger partial charge on any atom is -0.369 e. The molecule has 1 aliphatic heterocycles. The molecule has 1 heterocycles. The van der Waals surface area contributed by atoms with Crippen molar-refractivity contribution in [3.05, 3.63) is 69.8 Å². The number of rotatable bonds is 4. The number of hydrogen-bond acceptors (Lipinski definition) is 3. The summed E-state index contributed by atoms with van der Waals surface area (Å²) in [6, 6.07) is 15.6. The Morgan fingerprint density at radius 3 is 2.69 bits per heavy atom. The molecule has 0 bridgehead atoms. The van der Waals surface area contributed by atoms with E-state index in [1.807, 2.05) is 48.5 Å². The number of nitrogens with zero attached hydrogens (tertiary/aromatic N) is 2. The van der Waals surface area contributed by atoms with Crippen molar-refractivity contribution in [3.8, 4) is 6.07 Å². The summed E-state index contributed by atoms with van der Waals surface area (Å²) in [6.45, 7) is 7.01. The van der Waals surface area contributed by atoms with Gasteiger partial charge in [-0.05, 0) is 61.1 Å². The van der Waals surface area contributed by atoms with Gasteiger partial charge in [0.1, 0.15) is 11.6 Å². The van der Waals surface area contributed by atoms with Crippen molar-refractivity contribution in [2.75, 3.05) is 11.9 Å². The summed E-state index contributed by atoms with van der Waals surface area (Å²) in [5, 5.41) is 12.8. The van der Waals surface area contributed by atoms with Crippen LogP contribution < -0.4 is 10.2 Å². The summed E-state index contributed by atoms with van der Waals surface area (Å²) in [5.41, 5.74) is 4.04. The van der Waals surface area contributed by atoms with Gasteiger partial charge in [-0.15, -0.1) is 0 Å². The van der Waals surface area contributed by atoms with Crippen LogP contribution in [0.25, 0.3) is 6.08 Å². The molecule has 1 amide bonds. The van der Waals surface area contributed by atoms with E-state index < -0.39 is 5.91 Å². The molecule has 29 heavy (non-hydrogen) atoms. The van der Waals surface area contributed by atoms with Gasteiger partial charge in [0, 0.05) is 29.8 Å². The maximum absolute atomic E-state index is 12.5. The van der Waals surface area contributed by atoms with E-state index in [9.17, 15) is 10.1 Å². The Hall–Kier alpha value is -2.77. The maximum atomic E-state index is 12.5. The summed E-state index contributed by atoms with van der Waals surface area (Å²) in [5.74, 6) is -0.0468. The normalized spacial score (nSPS) is 18.0. The number of anilines is 1. The van der Waals surface area contributed by atoms with Crippen LogP contribution in [-0.2, 0) is 11.3 Å². The lowest BCUT2D eigenvalue weighted by Crippen LogP contribution is -2.45. The zero-order valence-corrected chi connectivity index (χ0v) is 18.0. The molecule has 3 rings (SSSR count). The third-order valence-corrected chi connectivity index (χ3v) is 6.04. The van der Waals surface area contributed by atoms with Gasteiger partial charge in [-0.3, -0.25) is 4.79 Å². The summed E-state index contributed by atoms with van der Waals surface area (Å²) in [6.07, 6.45) is 2.60. The Bertz CT molecular complexity index is 989. The predicted octanol–water partition coefficient (Wildman–Crippen LogP) is 5.29. The first kappa shape index (κ1) is 21.0. The molecule has 2 aromatic carbocycles. The smallest absolute Gasteiger partial charge is 0.262 e. The average Bonchev–Trinajstić information content (AvgIpc) is 2.69. The number of fused-ring (bicyclic) bond motifs is 1. The molecular formula is C24H26ClN3O. The van der Waals surface area contributed by atoms with Crippen LogP contribution in [0, 0.1) is 11.3 Å². The van der Waals surface area contributed by atoms with Crippen LogP contribution in [0.3, 0.4) is 0 Å². The fraction of sp³-hybridized carbons (Fsp3) is 0.333. The second kappa shape index (κ2) is 8.31. The van der Waals surface area contributed by atoms with Gasteiger partial charge in [0.15, 0.2) is 0 Å². The zero-order chi connectivity index (χ0) is 21.2. The Kier molecular flexibility index (Phi) is 6.00. The second-order valence-corrected chi connectivity index (χ2v) is 8.65. The van der Waals surface area contributed by atoms with E-state index in [4.69, 9.17) is 11.6 Å². The van der Waals surface area contributed by atoms with Gasteiger partial charge in [-0.2, -0.15) is 5.26 Å². The van der Waals surface area contributed by atoms with Gasteiger partial charge < -0.3 is 10.2 Å². The average molecular weight is 408 g/mol. The lowest BCUT2D eigenvalue weighted by atomic mass is 9.80. The number of hydrogen-bond donors (Lipinski definition) is 1. The van der Waals surface area contributed by atoms with Crippen LogP contribution in [-0.4, -0.2) is 18.5 Å². The summed E-state index contributed by atoms with van der Waals surface area (Å²) >= 11 is 6.53. The number of nitrogens with one attached hydrogen (secondary N) is 1. The molecule has 5 heteroatoms. The maximum Gasteiger partial charge on any atom is 0.262 e. The van der Waals surface area contributed by atoms with Gasteiger partial charge in [0.2, 0.25) is 0 Å². The van der Waals surface area contributed by atoms with Crippen LogP contribution in [0.1, 0.15) is 49.8 Å². The van der Waals surface area contributed by atoms with Gasteiger partial charge in [0.05, 0.1) is 0 Å². The highest BCUT2D eigenvalue weighted by atomic mass is 35.5. The Morgan fingerprint density at radius 2 is 2.03 bits per heavy atom. The molecule has 0 saturated carbocycles. The molecule has 0 aliphatic carbocycles. The molecule has 1 aliphatic rings. The van der Waals surface area contributed by atoms with E-state index in [0.29, 0.717) is 23.0 Å². The molecule has 0 fully saturated rings. The van der Waals surface area contributed by atoms with Crippen molar-refractivity contribution in [1.29, 1.82) is 5.26 Å². The highest BCUT2D eigenvalue weighted by Gasteiger charge is 2.34. The van der Waals surface area contributed by atoms with Crippen LogP contribution in [0.4, 0.5) is 5.69 Å². The minimum absolute atomic E-state index is 0.0416. The Balaban J connectivity index is 1.87. The first-order chi connectivity index (χ1) is 13.7. The predicted molar refractivity (Wildman–Crippen MR) is 119 cm³/mol. The van der Waals surface area contributed by atoms with E-state index in [0.717, 1.165) is 17.7 Å². The van der Waals surface area contributed by atoms with Gasteiger partial charge in [-0.1, -0.05) is 48.9 Å². The molecule has 4 nitrogen and oxygen atoms in total. The largest absolute Gasteiger partial charge is 0.369 e. The van der Waals surface area contributed by atoms with E-state index in [1.54, 1.807) is 6.08 Å². The monoisotopic (exact) mass is 407 g/mol. The van der Waals surface area contributed by atoms with E-state index in [2.05, 4.69) is 38.0 Å². The van der Waals surface area contributed by atoms with Gasteiger partial charge in [0.25, 0.3) is 5.91 Å². The minimum atomic E-state index is -0.406. The van der Waals surface area contributed by atoms with Crippen molar-refractivity contribution >= 4 is 29.3 Å². The summed E-state index contributed by atoms with van der Waals surface area (Å²) < 4.78 is 0. The van der Waals surface area contributed by atoms with Crippen LogP contribution >= 0.6 is 11.6 Å². The van der Waals surface area contributed by atoms with Crippen molar-refractivity contribution in [2.45, 2.75) is 45.2 Å². The zero-order valence-electron chi connectivity index (χ0n) is 17.3. The van der Waals surface area contributed by atoms with Gasteiger partial charge >= 0.3 is 0 Å². The molecule has 0 aromatic heterocycles. The lowest BCUT2D eigenvalue weighted by Gasteiger charge is -2.45. The number of carbonyl (C=O) groups excluding carboxylic acids is 1. The molecule has 1 atom stereocenters. The summed E-state index contributed by atoms with van der Waals surface area (Å²) in [4.78, 5) is 14.7. The summed E-state index contributed by atoms with van der Waals surface area (Å²) in [7, 11) is 2.08. The molecule has 1 N–H and O–H groups in total. The number of carbonyl (C=O) groups is 1. The number of amides is 1.